The van der Waals surface area contributed by atoms with Gasteiger partial charge in [-0.05, 0) is 93.1 Å². The lowest BCUT2D eigenvalue weighted by molar-refractivity contribution is -0.137. The van der Waals surface area contributed by atoms with E-state index in [1.165, 1.54) is 38.5 Å². The van der Waals surface area contributed by atoms with Crippen molar-refractivity contribution >= 4 is 23.5 Å². The Bertz CT molecular complexity index is 877. The van der Waals surface area contributed by atoms with E-state index < -0.39 is 0 Å². The second-order valence-corrected chi connectivity index (χ2v) is 11.3. The van der Waals surface area contributed by atoms with Crippen LogP contribution in [0.5, 0.6) is 0 Å². The monoisotopic (exact) mass is 452 g/mol. The zero-order valence-corrected chi connectivity index (χ0v) is 19.6. The highest BCUT2D eigenvalue weighted by molar-refractivity contribution is 5.92. The lowest BCUT2D eigenvalue weighted by atomic mass is 9.49. The Kier molecular flexibility index (Phi) is 6.14. The van der Waals surface area contributed by atoms with Gasteiger partial charge in [-0.25, -0.2) is 4.98 Å². The number of anilines is 1. The number of aryl methyl sites for hydroxylation is 1. The van der Waals surface area contributed by atoms with Crippen LogP contribution >= 0.6 is 0 Å². The molecule has 7 nitrogen and oxygen atoms in total. The van der Waals surface area contributed by atoms with Gasteiger partial charge < -0.3 is 15.5 Å². The maximum atomic E-state index is 12.8. The molecular formula is C26H36N4O3. The van der Waals surface area contributed by atoms with Crippen LogP contribution < -0.4 is 10.6 Å². The molecule has 2 N–H and O–H groups in total. The molecule has 1 unspecified atom stereocenters. The number of nitrogens with one attached hydrogen (secondary N) is 2. The average molecular weight is 453 g/mol. The van der Waals surface area contributed by atoms with Crippen molar-refractivity contribution in [2.24, 2.45) is 29.1 Å². The molecule has 7 heteroatoms. The van der Waals surface area contributed by atoms with Gasteiger partial charge in [-0.2, -0.15) is 0 Å². The van der Waals surface area contributed by atoms with Crippen LogP contribution in [0.1, 0.15) is 63.4 Å². The molecule has 1 aromatic heterocycles. The number of rotatable bonds is 6. The number of aromatic nitrogens is 1. The molecule has 178 valence electrons. The third-order valence-corrected chi connectivity index (χ3v) is 8.44. The highest BCUT2D eigenvalue weighted by atomic mass is 16.2. The maximum absolute atomic E-state index is 12.8. The van der Waals surface area contributed by atoms with Crippen molar-refractivity contribution in [3.63, 3.8) is 0 Å². The first kappa shape index (κ1) is 22.4. The topological polar surface area (TPSA) is 91.4 Å². The Balaban J connectivity index is 1.09. The molecule has 4 bridgehead atoms. The van der Waals surface area contributed by atoms with Gasteiger partial charge >= 0.3 is 0 Å². The first-order chi connectivity index (χ1) is 15.9. The predicted molar refractivity (Wildman–Crippen MR) is 125 cm³/mol. The van der Waals surface area contributed by atoms with Crippen LogP contribution in [0.3, 0.4) is 0 Å². The summed E-state index contributed by atoms with van der Waals surface area (Å²) in [7, 11) is 0. The van der Waals surface area contributed by atoms with Gasteiger partial charge in [0, 0.05) is 25.7 Å². The van der Waals surface area contributed by atoms with Crippen molar-refractivity contribution in [2.45, 2.75) is 64.7 Å². The molecule has 0 spiro atoms. The molecule has 0 radical (unpaired) electrons. The molecule has 5 fully saturated rings. The van der Waals surface area contributed by atoms with Crippen molar-refractivity contribution < 1.29 is 14.4 Å². The summed E-state index contributed by atoms with van der Waals surface area (Å²) >= 11 is 0. The van der Waals surface area contributed by atoms with E-state index in [-0.39, 0.29) is 35.6 Å². The minimum absolute atomic E-state index is 0.0158. The van der Waals surface area contributed by atoms with Crippen LogP contribution in [-0.2, 0) is 14.4 Å². The van der Waals surface area contributed by atoms with E-state index in [1.807, 2.05) is 13.0 Å². The Hall–Kier alpha value is -2.44. The van der Waals surface area contributed by atoms with E-state index in [1.54, 1.807) is 17.2 Å². The molecule has 1 aliphatic heterocycles. The van der Waals surface area contributed by atoms with Gasteiger partial charge in [-0.3, -0.25) is 14.4 Å². The third kappa shape index (κ3) is 5.07. The Labute approximate surface area is 196 Å². The molecule has 1 saturated heterocycles. The number of pyridine rings is 1. The fourth-order valence-corrected chi connectivity index (χ4v) is 7.38. The molecule has 2 heterocycles. The van der Waals surface area contributed by atoms with Crippen molar-refractivity contribution in [3.05, 3.63) is 23.9 Å². The standard InChI is InChI=1S/C26H36N4O3/c1-17-4-5-22(27-14-17)29-25(33)21-3-2-6-30(16-21)24(32)15-28-23(31)13-26-10-18-7-19(11-26)9-20(8-18)12-26/h4-5,14,18-21H,2-3,6-13,15-16H2,1H3,(H,28,31)(H,27,29,33). The number of likely N-dealkylation sites (tertiary alicyclic amines) is 1. The fraction of sp³-hybridized carbons (Fsp3) is 0.692. The van der Waals surface area contributed by atoms with E-state index in [0.717, 1.165) is 36.2 Å². The summed E-state index contributed by atoms with van der Waals surface area (Å²) in [6.45, 7) is 3.00. The number of carbonyl (C=O) groups excluding carboxylic acids is 3. The summed E-state index contributed by atoms with van der Waals surface area (Å²) in [6, 6.07) is 3.70. The van der Waals surface area contributed by atoms with Crippen molar-refractivity contribution in [2.75, 3.05) is 25.0 Å². The Morgan fingerprint density at radius 1 is 1.09 bits per heavy atom. The van der Waals surface area contributed by atoms with Crippen LogP contribution in [0.4, 0.5) is 5.82 Å². The van der Waals surface area contributed by atoms with Crippen LogP contribution in [-0.4, -0.2) is 47.2 Å². The predicted octanol–water partition coefficient (Wildman–Crippen LogP) is 3.29. The summed E-state index contributed by atoms with van der Waals surface area (Å²) < 4.78 is 0. The molecule has 33 heavy (non-hydrogen) atoms. The minimum Gasteiger partial charge on any atom is -0.347 e. The maximum Gasteiger partial charge on any atom is 0.241 e. The van der Waals surface area contributed by atoms with E-state index >= 15 is 0 Å². The molecular weight excluding hydrogens is 416 g/mol. The molecule has 6 rings (SSSR count). The van der Waals surface area contributed by atoms with Crippen molar-refractivity contribution in [3.8, 4) is 0 Å². The lowest BCUT2D eigenvalue weighted by Gasteiger charge is -2.56. The minimum atomic E-state index is -0.256. The Morgan fingerprint density at radius 2 is 1.79 bits per heavy atom. The second kappa shape index (κ2) is 9.07. The number of piperidine rings is 1. The quantitative estimate of drug-likeness (QED) is 0.693. The molecule has 1 atom stereocenters. The van der Waals surface area contributed by atoms with Crippen LogP contribution in [0.25, 0.3) is 0 Å². The molecule has 5 aliphatic rings. The first-order valence-electron chi connectivity index (χ1n) is 12.7. The first-order valence-corrected chi connectivity index (χ1v) is 12.7. The highest BCUT2D eigenvalue weighted by Gasteiger charge is 2.51. The van der Waals surface area contributed by atoms with Gasteiger partial charge in [-0.1, -0.05) is 6.07 Å². The number of hydrogen-bond donors (Lipinski definition) is 2. The van der Waals surface area contributed by atoms with E-state index in [2.05, 4.69) is 15.6 Å². The normalized spacial score (nSPS) is 32.5. The molecule has 3 amide bonds. The van der Waals surface area contributed by atoms with Crippen LogP contribution in [0, 0.1) is 36.0 Å². The zero-order valence-electron chi connectivity index (χ0n) is 19.6. The summed E-state index contributed by atoms with van der Waals surface area (Å²) in [6.07, 6.45) is 11.5. The zero-order chi connectivity index (χ0) is 23.0. The smallest absolute Gasteiger partial charge is 0.241 e. The lowest BCUT2D eigenvalue weighted by Crippen LogP contribution is -2.50. The Morgan fingerprint density at radius 3 is 2.42 bits per heavy atom. The van der Waals surface area contributed by atoms with E-state index in [4.69, 9.17) is 0 Å². The molecule has 4 aliphatic carbocycles. The number of amides is 3. The van der Waals surface area contributed by atoms with E-state index in [9.17, 15) is 14.4 Å². The number of hydrogen-bond acceptors (Lipinski definition) is 4. The SMILES string of the molecule is Cc1ccc(NC(=O)C2CCCN(C(=O)CNC(=O)CC34CC5CC(CC(C5)C3)C4)C2)nc1. The van der Waals surface area contributed by atoms with Crippen molar-refractivity contribution in [1.82, 2.24) is 15.2 Å². The fourth-order valence-electron chi connectivity index (χ4n) is 7.38. The van der Waals surface area contributed by atoms with Gasteiger partial charge in [0.15, 0.2) is 0 Å². The second-order valence-electron chi connectivity index (χ2n) is 11.3. The van der Waals surface area contributed by atoms with Gasteiger partial charge in [-0.15, -0.1) is 0 Å². The number of carbonyl (C=O) groups is 3. The highest BCUT2D eigenvalue weighted by Crippen LogP contribution is 2.61. The largest absolute Gasteiger partial charge is 0.347 e. The van der Waals surface area contributed by atoms with Gasteiger partial charge in [0.2, 0.25) is 17.7 Å². The van der Waals surface area contributed by atoms with E-state index in [0.29, 0.717) is 25.3 Å². The molecule has 1 aromatic rings. The third-order valence-electron chi connectivity index (χ3n) is 8.44. The van der Waals surface area contributed by atoms with Crippen LogP contribution in [0.2, 0.25) is 0 Å². The summed E-state index contributed by atoms with van der Waals surface area (Å²) in [5, 5.41) is 5.77. The molecule has 0 aromatic carbocycles. The summed E-state index contributed by atoms with van der Waals surface area (Å²) in [5.74, 6) is 2.54. The van der Waals surface area contributed by atoms with Gasteiger partial charge in [0.1, 0.15) is 5.82 Å². The van der Waals surface area contributed by atoms with Crippen molar-refractivity contribution in [1.29, 1.82) is 0 Å². The van der Waals surface area contributed by atoms with Gasteiger partial charge in [0.25, 0.3) is 0 Å². The van der Waals surface area contributed by atoms with Crippen LogP contribution in [0.15, 0.2) is 18.3 Å². The molecule has 4 saturated carbocycles. The summed E-state index contributed by atoms with van der Waals surface area (Å²) in [4.78, 5) is 44.2. The average Bonchev–Trinajstić information content (AvgIpc) is 2.78. The number of nitrogens with zero attached hydrogens (tertiary/aromatic N) is 2. The summed E-state index contributed by atoms with van der Waals surface area (Å²) in [5.41, 5.74) is 1.22. The van der Waals surface area contributed by atoms with Gasteiger partial charge in [0.05, 0.1) is 12.5 Å².